The summed E-state index contributed by atoms with van der Waals surface area (Å²) in [7, 11) is 3.40. The van der Waals surface area contributed by atoms with Crippen LogP contribution in [-0.4, -0.2) is 34.2 Å². The Kier molecular flexibility index (Phi) is 7.60. The minimum absolute atomic E-state index is 0.0269. The van der Waals surface area contributed by atoms with E-state index in [2.05, 4.69) is 28.3 Å². The number of nitrogens with one attached hydrogen (secondary N) is 1. The molecule has 162 valence electrons. The van der Waals surface area contributed by atoms with E-state index in [4.69, 9.17) is 16.3 Å². The lowest BCUT2D eigenvalue weighted by atomic mass is 9.90. The first kappa shape index (κ1) is 22.7. The normalized spacial score (nSPS) is 12.6. The number of rotatable bonds is 8. The number of ether oxygens (including phenoxy) is 1. The summed E-state index contributed by atoms with van der Waals surface area (Å²) >= 11 is 6.40. The summed E-state index contributed by atoms with van der Waals surface area (Å²) in [6, 6.07) is 9.42. The fourth-order valence-corrected chi connectivity index (χ4v) is 3.80. The molecule has 0 aliphatic carbocycles. The molecule has 7 heteroatoms. The van der Waals surface area contributed by atoms with Gasteiger partial charge in [-0.25, -0.2) is 4.98 Å². The molecule has 0 saturated heterocycles. The van der Waals surface area contributed by atoms with Crippen molar-refractivity contribution in [2.75, 3.05) is 13.7 Å². The molecule has 3 aromatic rings. The van der Waals surface area contributed by atoms with Gasteiger partial charge < -0.3 is 14.6 Å². The molecule has 0 aliphatic rings. The molecule has 6 nitrogen and oxygen atoms in total. The van der Waals surface area contributed by atoms with Crippen molar-refractivity contribution in [3.05, 3.63) is 88.2 Å². The number of hydrogen-bond donors (Lipinski definition) is 1. The molecule has 0 radical (unpaired) electrons. The van der Waals surface area contributed by atoms with Crippen LogP contribution in [0.15, 0.2) is 55.1 Å². The number of methoxy groups -OCH3 is 1. The molecule has 0 fully saturated rings. The van der Waals surface area contributed by atoms with Crippen molar-refractivity contribution < 1.29 is 9.53 Å². The molecule has 0 aliphatic heterocycles. The fraction of sp³-hybridized carbons (Fsp3) is 0.292. The van der Waals surface area contributed by atoms with Gasteiger partial charge >= 0.3 is 0 Å². The molecule has 3 rings (SSSR count). The van der Waals surface area contributed by atoms with Crippen LogP contribution in [0.5, 0.6) is 0 Å². The number of halogens is 1. The van der Waals surface area contributed by atoms with E-state index in [-0.39, 0.29) is 12.5 Å². The van der Waals surface area contributed by atoms with E-state index in [1.807, 2.05) is 48.9 Å². The van der Waals surface area contributed by atoms with Gasteiger partial charge in [0.15, 0.2) is 0 Å². The van der Waals surface area contributed by atoms with Crippen LogP contribution in [0.2, 0.25) is 5.02 Å². The van der Waals surface area contributed by atoms with Gasteiger partial charge in [-0.1, -0.05) is 29.8 Å². The van der Waals surface area contributed by atoms with Crippen LogP contribution in [-0.2, 0) is 23.0 Å². The van der Waals surface area contributed by atoms with E-state index < -0.39 is 6.04 Å². The number of nitrogens with zero attached hydrogens (tertiary/aromatic N) is 3. The quantitative estimate of drug-likeness (QED) is 0.570. The third kappa shape index (κ3) is 5.40. The van der Waals surface area contributed by atoms with Gasteiger partial charge in [0, 0.05) is 37.5 Å². The zero-order chi connectivity index (χ0) is 22.4. The molecule has 0 spiro atoms. The van der Waals surface area contributed by atoms with E-state index in [9.17, 15) is 4.79 Å². The number of amides is 1. The van der Waals surface area contributed by atoms with Crippen LogP contribution >= 0.6 is 11.6 Å². The Labute approximate surface area is 187 Å². The van der Waals surface area contributed by atoms with Gasteiger partial charge in [-0.2, -0.15) is 0 Å². The predicted octanol–water partition coefficient (Wildman–Crippen LogP) is 4.27. The van der Waals surface area contributed by atoms with Crippen LogP contribution in [0.25, 0.3) is 5.57 Å². The molecule has 31 heavy (non-hydrogen) atoms. The smallest absolute Gasteiger partial charge is 0.246 e. The number of carbonyl (C=O) groups is 1. The number of carbonyl (C=O) groups excluding carboxylic acids is 1. The summed E-state index contributed by atoms with van der Waals surface area (Å²) in [4.78, 5) is 21.3. The number of allylic oxidation sites excluding steroid dienone is 1. The van der Waals surface area contributed by atoms with Crippen molar-refractivity contribution in [1.29, 1.82) is 0 Å². The van der Waals surface area contributed by atoms with E-state index in [0.29, 0.717) is 11.4 Å². The van der Waals surface area contributed by atoms with E-state index in [1.165, 1.54) is 7.11 Å². The van der Waals surface area contributed by atoms with Crippen molar-refractivity contribution in [2.24, 2.45) is 7.05 Å². The number of imidazole rings is 1. The standard InChI is InChI=1S/C24H27ClN4O2/c1-5-19(24(28-23(30)14-31-4)22-13-26-15-29(22)3)20-12-18(25)9-8-17(20)11-21-16(2)7-6-10-27-21/h5-10,12-13,15,24H,11,14H2,1-4H3,(H,28,30)/b19-5+/t24-/m1/s1. The molecule has 1 atom stereocenters. The topological polar surface area (TPSA) is 69.0 Å². The van der Waals surface area contributed by atoms with Crippen molar-refractivity contribution in [1.82, 2.24) is 19.9 Å². The Balaban J connectivity index is 2.08. The first-order valence-corrected chi connectivity index (χ1v) is 10.4. The third-order valence-electron chi connectivity index (χ3n) is 5.21. The number of aromatic nitrogens is 3. The Morgan fingerprint density at radius 2 is 2.16 bits per heavy atom. The van der Waals surface area contributed by atoms with E-state index in [0.717, 1.165) is 33.7 Å². The molecule has 1 aromatic carbocycles. The average molecular weight is 439 g/mol. The minimum atomic E-state index is -0.415. The highest BCUT2D eigenvalue weighted by Gasteiger charge is 2.25. The molecular formula is C24H27ClN4O2. The van der Waals surface area contributed by atoms with Crippen molar-refractivity contribution in [3.63, 3.8) is 0 Å². The monoisotopic (exact) mass is 438 g/mol. The predicted molar refractivity (Wildman–Crippen MR) is 123 cm³/mol. The first-order valence-electron chi connectivity index (χ1n) is 10.0. The molecular weight excluding hydrogens is 412 g/mol. The summed E-state index contributed by atoms with van der Waals surface area (Å²) < 4.78 is 6.92. The molecule has 0 unspecified atom stereocenters. The van der Waals surface area contributed by atoms with Crippen molar-refractivity contribution in [2.45, 2.75) is 26.3 Å². The van der Waals surface area contributed by atoms with Crippen molar-refractivity contribution >= 4 is 23.1 Å². The SMILES string of the molecule is C/C=C(\c1cc(Cl)ccc1Cc1ncccc1C)[C@@H](NC(=O)COC)c1cncn1C. The second-order valence-electron chi connectivity index (χ2n) is 7.35. The molecule has 0 bridgehead atoms. The van der Waals surface area contributed by atoms with Crippen molar-refractivity contribution in [3.8, 4) is 0 Å². The largest absolute Gasteiger partial charge is 0.375 e. The van der Waals surface area contributed by atoms with E-state index in [1.54, 1.807) is 18.7 Å². The van der Waals surface area contributed by atoms with Gasteiger partial charge in [0.2, 0.25) is 5.91 Å². The summed E-state index contributed by atoms with van der Waals surface area (Å²) in [5.74, 6) is -0.211. The zero-order valence-electron chi connectivity index (χ0n) is 18.2. The highest BCUT2D eigenvalue weighted by atomic mass is 35.5. The summed E-state index contributed by atoms with van der Waals surface area (Å²) in [5, 5.41) is 3.71. The van der Waals surface area contributed by atoms with E-state index >= 15 is 0 Å². The van der Waals surface area contributed by atoms with Crippen LogP contribution in [0.4, 0.5) is 0 Å². The number of aryl methyl sites for hydroxylation is 2. The molecule has 1 N–H and O–H groups in total. The summed E-state index contributed by atoms with van der Waals surface area (Å²) in [6.07, 6.45) is 7.94. The lowest BCUT2D eigenvalue weighted by Crippen LogP contribution is -2.33. The highest BCUT2D eigenvalue weighted by Crippen LogP contribution is 2.34. The minimum Gasteiger partial charge on any atom is -0.375 e. The maximum Gasteiger partial charge on any atom is 0.246 e. The zero-order valence-corrected chi connectivity index (χ0v) is 19.0. The Morgan fingerprint density at radius 1 is 1.35 bits per heavy atom. The van der Waals surface area contributed by atoms with Gasteiger partial charge in [0.1, 0.15) is 6.61 Å². The number of benzene rings is 1. The lowest BCUT2D eigenvalue weighted by Gasteiger charge is -2.24. The molecule has 2 aromatic heterocycles. The molecule has 0 saturated carbocycles. The van der Waals surface area contributed by atoms with Gasteiger partial charge in [0.05, 0.1) is 24.3 Å². The van der Waals surface area contributed by atoms with Crippen LogP contribution < -0.4 is 5.32 Å². The number of hydrogen-bond acceptors (Lipinski definition) is 4. The second kappa shape index (κ2) is 10.4. The average Bonchev–Trinajstić information content (AvgIpc) is 3.17. The van der Waals surface area contributed by atoms with Gasteiger partial charge in [-0.05, 0) is 54.3 Å². The van der Waals surface area contributed by atoms with Gasteiger partial charge in [-0.15, -0.1) is 0 Å². The van der Waals surface area contributed by atoms with Crippen LogP contribution in [0.1, 0.15) is 41.0 Å². The first-order chi connectivity index (χ1) is 14.9. The lowest BCUT2D eigenvalue weighted by molar-refractivity contribution is -0.125. The Hall–Kier alpha value is -2.96. The van der Waals surface area contributed by atoms with Crippen LogP contribution in [0.3, 0.4) is 0 Å². The molecule has 1 amide bonds. The number of pyridine rings is 1. The Morgan fingerprint density at radius 3 is 2.81 bits per heavy atom. The highest BCUT2D eigenvalue weighted by molar-refractivity contribution is 6.30. The fourth-order valence-electron chi connectivity index (χ4n) is 3.62. The summed E-state index contributed by atoms with van der Waals surface area (Å²) in [5.41, 5.74) is 5.96. The molecule has 2 heterocycles. The second-order valence-corrected chi connectivity index (χ2v) is 7.79. The summed E-state index contributed by atoms with van der Waals surface area (Å²) in [6.45, 7) is 3.98. The van der Waals surface area contributed by atoms with Gasteiger partial charge in [-0.3, -0.25) is 9.78 Å². The Bertz CT molecular complexity index is 1090. The maximum absolute atomic E-state index is 12.5. The maximum atomic E-state index is 12.5. The van der Waals surface area contributed by atoms with Crippen LogP contribution in [0, 0.1) is 6.92 Å². The van der Waals surface area contributed by atoms with Gasteiger partial charge in [0.25, 0.3) is 0 Å². The third-order valence-corrected chi connectivity index (χ3v) is 5.45.